The van der Waals surface area contributed by atoms with E-state index < -0.39 is 0 Å². The third kappa shape index (κ3) is 0.558. The van der Waals surface area contributed by atoms with Gasteiger partial charge in [-0.2, -0.15) is 0 Å². The van der Waals surface area contributed by atoms with Crippen LogP contribution in [0.2, 0.25) is 0 Å². The first-order valence-corrected chi connectivity index (χ1v) is 3.12. The summed E-state index contributed by atoms with van der Waals surface area (Å²) in [6, 6.07) is 0. The van der Waals surface area contributed by atoms with Crippen molar-refractivity contribution in [3.8, 4) is 0 Å². The molecule has 0 unspecified atom stereocenters. The molecule has 4 nitrogen and oxygen atoms in total. The highest BCUT2D eigenvalue weighted by molar-refractivity contribution is 5.87. The fourth-order valence-electron chi connectivity index (χ4n) is 1.25. The van der Waals surface area contributed by atoms with Crippen molar-refractivity contribution in [3.05, 3.63) is 0 Å². The number of hydrogen-bond acceptors (Lipinski definition) is 4. The first kappa shape index (κ1) is 5.70. The molecule has 2 aliphatic heterocycles. The normalized spacial score (nSPS) is 37.2. The van der Waals surface area contributed by atoms with Crippen LogP contribution in [-0.2, 0) is 19.1 Å². The molecule has 54 valence electrons. The van der Waals surface area contributed by atoms with Crippen LogP contribution in [0.15, 0.2) is 0 Å². The Morgan fingerprint density at radius 3 is 1.80 bits per heavy atom. The molecule has 0 spiro atoms. The summed E-state index contributed by atoms with van der Waals surface area (Å²) >= 11 is 0. The van der Waals surface area contributed by atoms with Gasteiger partial charge in [0.2, 0.25) is 0 Å². The van der Waals surface area contributed by atoms with Crippen LogP contribution >= 0.6 is 0 Å². The van der Waals surface area contributed by atoms with Gasteiger partial charge in [0.15, 0.2) is 0 Å². The minimum atomic E-state index is -0.313. The van der Waals surface area contributed by atoms with Crippen LogP contribution in [0.4, 0.5) is 0 Å². The second-order valence-corrected chi connectivity index (χ2v) is 2.47. The molecule has 0 bridgehead atoms. The Bertz CT molecular complexity index is 176. The highest BCUT2D eigenvalue weighted by atomic mass is 16.6. The second kappa shape index (κ2) is 1.71. The van der Waals surface area contributed by atoms with Crippen molar-refractivity contribution in [1.29, 1.82) is 0 Å². The standard InChI is InChI=1S/C6H6O4/c7-5-3-1-9-6(8)4(3)2-10-5/h3-4H,1-2H2/t3-,4+. The van der Waals surface area contributed by atoms with Crippen LogP contribution in [0.3, 0.4) is 0 Å². The van der Waals surface area contributed by atoms with Gasteiger partial charge in [0.1, 0.15) is 25.0 Å². The first-order valence-electron chi connectivity index (χ1n) is 3.12. The number of carbonyl (C=O) groups excluding carboxylic acids is 2. The van der Waals surface area contributed by atoms with E-state index in [1.807, 2.05) is 0 Å². The highest BCUT2D eigenvalue weighted by Gasteiger charge is 2.47. The maximum atomic E-state index is 10.7. The summed E-state index contributed by atoms with van der Waals surface area (Å²) in [5, 5.41) is 0. The molecule has 4 heteroatoms. The number of cyclic esters (lactones) is 2. The predicted octanol–water partition coefficient (Wildman–Crippen LogP) is -0.668. The quantitative estimate of drug-likeness (QED) is 0.421. The van der Waals surface area contributed by atoms with E-state index in [0.717, 1.165) is 0 Å². The molecular weight excluding hydrogens is 136 g/mol. The van der Waals surface area contributed by atoms with E-state index >= 15 is 0 Å². The van der Waals surface area contributed by atoms with E-state index in [-0.39, 0.29) is 37.0 Å². The van der Waals surface area contributed by atoms with Gasteiger partial charge >= 0.3 is 11.9 Å². The van der Waals surface area contributed by atoms with Crippen LogP contribution in [0, 0.1) is 11.8 Å². The highest BCUT2D eigenvalue weighted by Crippen LogP contribution is 2.28. The molecule has 0 radical (unpaired) electrons. The minimum Gasteiger partial charge on any atom is -0.464 e. The van der Waals surface area contributed by atoms with Gasteiger partial charge in [-0.05, 0) is 0 Å². The summed E-state index contributed by atoms with van der Waals surface area (Å²) < 4.78 is 9.30. The molecule has 2 atom stereocenters. The molecule has 2 fully saturated rings. The summed E-state index contributed by atoms with van der Waals surface area (Å²) in [7, 11) is 0. The number of hydrogen-bond donors (Lipinski definition) is 0. The van der Waals surface area contributed by atoms with Crippen LogP contribution in [0.25, 0.3) is 0 Å². The number of ether oxygens (including phenoxy) is 2. The van der Waals surface area contributed by atoms with Gasteiger partial charge < -0.3 is 9.47 Å². The molecule has 2 heterocycles. The molecule has 0 saturated carbocycles. The lowest BCUT2D eigenvalue weighted by atomic mass is 10.00. The van der Waals surface area contributed by atoms with Gasteiger partial charge in [0.25, 0.3) is 0 Å². The second-order valence-electron chi connectivity index (χ2n) is 2.47. The van der Waals surface area contributed by atoms with E-state index in [0.29, 0.717) is 0 Å². The van der Waals surface area contributed by atoms with Gasteiger partial charge in [-0.25, -0.2) is 0 Å². The molecule has 0 aromatic rings. The van der Waals surface area contributed by atoms with Gasteiger partial charge in [0.05, 0.1) is 0 Å². The van der Waals surface area contributed by atoms with Gasteiger partial charge in [-0.3, -0.25) is 9.59 Å². The first-order chi connectivity index (χ1) is 4.79. The molecule has 2 rings (SSSR count). The molecule has 0 aliphatic carbocycles. The van der Waals surface area contributed by atoms with Crippen molar-refractivity contribution in [2.24, 2.45) is 11.8 Å². The van der Waals surface area contributed by atoms with Gasteiger partial charge in [0, 0.05) is 0 Å². The molecule has 0 aromatic carbocycles. The van der Waals surface area contributed by atoms with Crippen LogP contribution in [0.5, 0.6) is 0 Å². The zero-order valence-electron chi connectivity index (χ0n) is 5.20. The fourth-order valence-corrected chi connectivity index (χ4v) is 1.25. The van der Waals surface area contributed by atoms with Crippen LogP contribution in [-0.4, -0.2) is 25.2 Å². The van der Waals surface area contributed by atoms with Gasteiger partial charge in [-0.15, -0.1) is 0 Å². The predicted molar refractivity (Wildman–Crippen MR) is 28.9 cm³/mol. The van der Waals surface area contributed by atoms with Crippen molar-refractivity contribution in [1.82, 2.24) is 0 Å². The van der Waals surface area contributed by atoms with Crippen LogP contribution < -0.4 is 0 Å². The Kier molecular flexibility index (Phi) is 0.977. The smallest absolute Gasteiger partial charge is 0.313 e. The lowest BCUT2D eigenvalue weighted by Gasteiger charge is -1.94. The Morgan fingerprint density at radius 1 is 1.00 bits per heavy atom. The topological polar surface area (TPSA) is 52.6 Å². The zero-order chi connectivity index (χ0) is 7.14. The number of fused-ring (bicyclic) bond motifs is 1. The van der Waals surface area contributed by atoms with E-state index in [1.165, 1.54) is 0 Å². The zero-order valence-corrected chi connectivity index (χ0v) is 5.20. The number of carbonyl (C=O) groups is 2. The average molecular weight is 142 g/mol. The SMILES string of the molecule is O=C1OC[C@H]2C(=O)OC[C@H]12. The summed E-state index contributed by atoms with van der Waals surface area (Å²) in [6.07, 6.45) is 0. The Hall–Kier alpha value is -1.06. The largest absolute Gasteiger partial charge is 0.464 e. The lowest BCUT2D eigenvalue weighted by molar-refractivity contribution is -0.145. The molecule has 0 amide bonds. The fraction of sp³-hybridized carbons (Fsp3) is 0.667. The summed E-state index contributed by atoms with van der Waals surface area (Å²) in [4.78, 5) is 21.5. The Labute approximate surface area is 57.1 Å². The number of rotatable bonds is 0. The molecule has 10 heavy (non-hydrogen) atoms. The van der Waals surface area contributed by atoms with E-state index in [9.17, 15) is 9.59 Å². The molecule has 0 aromatic heterocycles. The van der Waals surface area contributed by atoms with Gasteiger partial charge in [-0.1, -0.05) is 0 Å². The molecular formula is C6H6O4. The van der Waals surface area contributed by atoms with Crippen molar-refractivity contribution in [2.75, 3.05) is 13.2 Å². The maximum absolute atomic E-state index is 10.7. The molecule has 2 saturated heterocycles. The third-order valence-corrected chi connectivity index (χ3v) is 1.90. The molecule has 0 N–H and O–H groups in total. The van der Waals surface area contributed by atoms with Crippen molar-refractivity contribution >= 4 is 11.9 Å². The summed E-state index contributed by atoms with van der Waals surface area (Å²) in [5.74, 6) is -1.22. The average Bonchev–Trinajstić information content (AvgIpc) is 2.41. The summed E-state index contributed by atoms with van der Waals surface area (Å²) in [6.45, 7) is 0.421. The van der Waals surface area contributed by atoms with Crippen molar-refractivity contribution in [3.63, 3.8) is 0 Å². The van der Waals surface area contributed by atoms with E-state index in [2.05, 4.69) is 9.47 Å². The van der Waals surface area contributed by atoms with E-state index in [4.69, 9.17) is 0 Å². The Balaban J connectivity index is 2.24. The molecule has 2 aliphatic rings. The van der Waals surface area contributed by atoms with E-state index in [1.54, 1.807) is 0 Å². The van der Waals surface area contributed by atoms with Crippen molar-refractivity contribution < 1.29 is 19.1 Å². The lowest BCUT2D eigenvalue weighted by Crippen LogP contribution is -2.14. The maximum Gasteiger partial charge on any atom is 0.313 e. The minimum absolute atomic E-state index is 0.211. The third-order valence-electron chi connectivity index (χ3n) is 1.90. The Morgan fingerprint density at radius 2 is 1.40 bits per heavy atom. The monoisotopic (exact) mass is 142 g/mol. The number of esters is 2. The summed E-state index contributed by atoms with van der Waals surface area (Å²) in [5.41, 5.74) is 0. The van der Waals surface area contributed by atoms with Crippen LogP contribution in [0.1, 0.15) is 0 Å². The van der Waals surface area contributed by atoms with Crippen molar-refractivity contribution in [2.45, 2.75) is 0 Å².